The van der Waals surface area contributed by atoms with Gasteiger partial charge in [0.2, 0.25) is 0 Å². The number of hydrogen-bond donors (Lipinski definition) is 1. The van der Waals surface area contributed by atoms with Crippen LogP contribution < -0.4 is 5.32 Å². The van der Waals surface area contributed by atoms with Gasteiger partial charge in [-0.05, 0) is 42.8 Å². The first-order chi connectivity index (χ1) is 10.2. The smallest absolute Gasteiger partial charge is 0.255 e. The Balaban J connectivity index is 1.85. The van der Waals surface area contributed by atoms with Crippen LogP contribution in [-0.4, -0.2) is 15.7 Å². The van der Waals surface area contributed by atoms with Gasteiger partial charge in [-0.15, -0.1) is 0 Å². The summed E-state index contributed by atoms with van der Waals surface area (Å²) in [6, 6.07) is 16.9. The van der Waals surface area contributed by atoms with Crippen LogP contribution in [0, 0.1) is 6.92 Å². The van der Waals surface area contributed by atoms with Crippen LogP contribution in [0.1, 0.15) is 15.9 Å². The molecule has 3 aromatic rings. The topological polar surface area (TPSA) is 46.9 Å². The van der Waals surface area contributed by atoms with E-state index in [1.54, 1.807) is 16.9 Å². The predicted molar refractivity (Wildman–Crippen MR) is 82.7 cm³/mol. The lowest BCUT2D eigenvalue weighted by atomic mass is 10.1. The molecule has 2 aromatic carbocycles. The van der Waals surface area contributed by atoms with Crippen molar-refractivity contribution < 1.29 is 4.79 Å². The molecule has 0 aliphatic rings. The number of aryl methyl sites for hydroxylation is 1. The van der Waals surface area contributed by atoms with Crippen molar-refractivity contribution in [3.05, 3.63) is 78.1 Å². The molecule has 104 valence electrons. The van der Waals surface area contributed by atoms with Crippen molar-refractivity contribution in [2.75, 3.05) is 5.32 Å². The van der Waals surface area contributed by atoms with Gasteiger partial charge in [0.25, 0.3) is 5.91 Å². The summed E-state index contributed by atoms with van der Waals surface area (Å²) in [7, 11) is 0. The number of carbonyl (C=O) groups excluding carboxylic acids is 1. The zero-order valence-electron chi connectivity index (χ0n) is 11.7. The molecule has 0 atom stereocenters. The molecule has 0 unspecified atom stereocenters. The lowest BCUT2D eigenvalue weighted by Crippen LogP contribution is -2.13. The Morgan fingerprint density at radius 3 is 2.71 bits per heavy atom. The van der Waals surface area contributed by atoms with E-state index in [0.29, 0.717) is 5.56 Å². The van der Waals surface area contributed by atoms with E-state index in [2.05, 4.69) is 10.4 Å². The first-order valence-corrected chi connectivity index (χ1v) is 6.71. The molecule has 0 spiro atoms. The number of aromatic nitrogens is 2. The molecule has 1 amide bonds. The molecule has 0 aliphatic carbocycles. The second kappa shape index (κ2) is 5.63. The second-order valence-corrected chi connectivity index (χ2v) is 4.77. The first kappa shape index (κ1) is 13.1. The summed E-state index contributed by atoms with van der Waals surface area (Å²) in [5, 5.41) is 7.10. The molecule has 0 radical (unpaired) electrons. The molecule has 0 aliphatic heterocycles. The van der Waals surface area contributed by atoms with Gasteiger partial charge >= 0.3 is 0 Å². The predicted octanol–water partition coefficient (Wildman–Crippen LogP) is 3.43. The van der Waals surface area contributed by atoms with E-state index < -0.39 is 0 Å². The summed E-state index contributed by atoms with van der Waals surface area (Å²) in [6.45, 7) is 1.97. The fourth-order valence-electron chi connectivity index (χ4n) is 2.12. The van der Waals surface area contributed by atoms with Gasteiger partial charge in [-0.3, -0.25) is 4.79 Å². The molecular formula is C17H15N3O. The average molecular weight is 277 g/mol. The van der Waals surface area contributed by atoms with E-state index in [-0.39, 0.29) is 5.91 Å². The Morgan fingerprint density at radius 2 is 1.95 bits per heavy atom. The highest BCUT2D eigenvalue weighted by Gasteiger charge is 2.08. The van der Waals surface area contributed by atoms with Gasteiger partial charge in [-0.2, -0.15) is 5.10 Å². The number of carbonyl (C=O) groups is 1. The SMILES string of the molecule is Cc1ccccc1NC(=O)c1cccc(-n2cccn2)c1. The minimum Gasteiger partial charge on any atom is -0.322 e. The second-order valence-electron chi connectivity index (χ2n) is 4.77. The third kappa shape index (κ3) is 2.84. The zero-order chi connectivity index (χ0) is 14.7. The molecule has 0 saturated heterocycles. The Hall–Kier alpha value is -2.88. The van der Waals surface area contributed by atoms with E-state index >= 15 is 0 Å². The van der Waals surface area contributed by atoms with E-state index in [4.69, 9.17) is 0 Å². The molecule has 1 N–H and O–H groups in total. The van der Waals surface area contributed by atoms with Crippen LogP contribution in [0.4, 0.5) is 5.69 Å². The standard InChI is InChI=1S/C17H15N3O/c1-13-6-2-3-9-16(13)19-17(21)14-7-4-8-15(12-14)20-11-5-10-18-20/h2-12H,1H3,(H,19,21). The number of amides is 1. The van der Waals surface area contributed by atoms with Crippen LogP contribution in [0.2, 0.25) is 0 Å². The Kier molecular flexibility index (Phi) is 3.51. The summed E-state index contributed by atoms with van der Waals surface area (Å²) in [4.78, 5) is 12.3. The molecule has 0 fully saturated rings. The van der Waals surface area contributed by atoms with Crippen molar-refractivity contribution in [1.82, 2.24) is 9.78 Å². The third-order valence-corrected chi connectivity index (χ3v) is 3.27. The highest BCUT2D eigenvalue weighted by atomic mass is 16.1. The third-order valence-electron chi connectivity index (χ3n) is 3.27. The number of nitrogens with one attached hydrogen (secondary N) is 1. The fraction of sp³-hybridized carbons (Fsp3) is 0.0588. The van der Waals surface area contributed by atoms with E-state index in [0.717, 1.165) is 16.9 Å². The molecule has 1 aromatic heterocycles. The molecule has 3 rings (SSSR count). The lowest BCUT2D eigenvalue weighted by Gasteiger charge is -2.09. The van der Waals surface area contributed by atoms with Gasteiger partial charge in [0.05, 0.1) is 5.69 Å². The fourth-order valence-corrected chi connectivity index (χ4v) is 2.12. The van der Waals surface area contributed by atoms with Crippen molar-refractivity contribution in [3.63, 3.8) is 0 Å². The van der Waals surface area contributed by atoms with Crippen molar-refractivity contribution in [2.45, 2.75) is 6.92 Å². The summed E-state index contributed by atoms with van der Waals surface area (Å²) < 4.78 is 1.73. The minimum atomic E-state index is -0.127. The maximum Gasteiger partial charge on any atom is 0.255 e. The number of rotatable bonds is 3. The van der Waals surface area contributed by atoms with E-state index in [1.165, 1.54) is 0 Å². The minimum absolute atomic E-state index is 0.127. The summed E-state index contributed by atoms with van der Waals surface area (Å²) in [5.74, 6) is -0.127. The highest BCUT2D eigenvalue weighted by molar-refractivity contribution is 6.04. The first-order valence-electron chi connectivity index (χ1n) is 6.71. The van der Waals surface area contributed by atoms with Crippen LogP contribution in [0.3, 0.4) is 0 Å². The largest absolute Gasteiger partial charge is 0.322 e. The van der Waals surface area contributed by atoms with E-state index in [1.807, 2.05) is 61.7 Å². The van der Waals surface area contributed by atoms with Crippen LogP contribution in [-0.2, 0) is 0 Å². The molecule has 21 heavy (non-hydrogen) atoms. The highest BCUT2D eigenvalue weighted by Crippen LogP contribution is 2.16. The molecule has 0 saturated carbocycles. The number of benzene rings is 2. The number of nitrogens with zero attached hydrogens (tertiary/aromatic N) is 2. The van der Waals surface area contributed by atoms with E-state index in [9.17, 15) is 4.79 Å². The molecule has 1 heterocycles. The van der Waals surface area contributed by atoms with Gasteiger partial charge in [0.15, 0.2) is 0 Å². The van der Waals surface area contributed by atoms with Gasteiger partial charge in [0, 0.05) is 23.6 Å². The van der Waals surface area contributed by atoms with Crippen molar-refractivity contribution in [2.24, 2.45) is 0 Å². The lowest BCUT2D eigenvalue weighted by molar-refractivity contribution is 0.102. The van der Waals surface area contributed by atoms with Gasteiger partial charge in [-0.25, -0.2) is 4.68 Å². The maximum atomic E-state index is 12.3. The number of anilines is 1. The summed E-state index contributed by atoms with van der Waals surface area (Å²) >= 11 is 0. The van der Waals surface area contributed by atoms with Crippen LogP contribution in [0.15, 0.2) is 67.0 Å². The number of para-hydroxylation sites is 1. The van der Waals surface area contributed by atoms with Crippen molar-refractivity contribution >= 4 is 11.6 Å². The maximum absolute atomic E-state index is 12.3. The average Bonchev–Trinajstić information content (AvgIpc) is 3.04. The summed E-state index contributed by atoms with van der Waals surface area (Å²) in [6.07, 6.45) is 3.55. The Morgan fingerprint density at radius 1 is 1.10 bits per heavy atom. The monoisotopic (exact) mass is 277 g/mol. The quantitative estimate of drug-likeness (QED) is 0.797. The van der Waals surface area contributed by atoms with Crippen LogP contribution in [0.25, 0.3) is 5.69 Å². The van der Waals surface area contributed by atoms with Gasteiger partial charge in [-0.1, -0.05) is 24.3 Å². The Bertz CT molecular complexity index is 763. The molecule has 0 bridgehead atoms. The van der Waals surface area contributed by atoms with Gasteiger partial charge < -0.3 is 5.32 Å². The number of hydrogen-bond acceptors (Lipinski definition) is 2. The van der Waals surface area contributed by atoms with Crippen LogP contribution in [0.5, 0.6) is 0 Å². The molecule has 4 heteroatoms. The normalized spacial score (nSPS) is 10.3. The van der Waals surface area contributed by atoms with Crippen molar-refractivity contribution in [1.29, 1.82) is 0 Å². The van der Waals surface area contributed by atoms with Crippen molar-refractivity contribution in [3.8, 4) is 5.69 Å². The summed E-state index contributed by atoms with van der Waals surface area (Å²) in [5.41, 5.74) is 3.32. The molecule has 4 nitrogen and oxygen atoms in total. The van der Waals surface area contributed by atoms with Crippen LogP contribution >= 0.6 is 0 Å². The zero-order valence-corrected chi connectivity index (χ0v) is 11.7. The van der Waals surface area contributed by atoms with Gasteiger partial charge in [0.1, 0.15) is 0 Å². The molecular weight excluding hydrogens is 262 g/mol. The Labute approximate surface area is 123 Å².